The third kappa shape index (κ3) is 5.47. The molecule has 0 aliphatic heterocycles. The summed E-state index contributed by atoms with van der Waals surface area (Å²) >= 11 is 1.39. The van der Waals surface area contributed by atoms with E-state index in [9.17, 15) is 4.79 Å². The van der Waals surface area contributed by atoms with Crippen molar-refractivity contribution >= 4 is 33.9 Å². The van der Waals surface area contributed by atoms with E-state index in [1.807, 2.05) is 73.8 Å². The van der Waals surface area contributed by atoms with Gasteiger partial charge in [0.1, 0.15) is 5.82 Å². The molecule has 0 aliphatic carbocycles. The largest absolute Gasteiger partial charge is 0.470 e. The van der Waals surface area contributed by atoms with Crippen molar-refractivity contribution in [1.29, 1.82) is 0 Å². The van der Waals surface area contributed by atoms with Gasteiger partial charge in [0.2, 0.25) is 5.95 Å². The average molecular weight is 593 g/mol. The first-order chi connectivity index (χ1) is 21.0. The summed E-state index contributed by atoms with van der Waals surface area (Å²) < 4.78 is 12.4. The van der Waals surface area contributed by atoms with Crippen LogP contribution in [0.1, 0.15) is 25.6 Å². The van der Waals surface area contributed by atoms with Crippen LogP contribution in [0.15, 0.2) is 83.4 Å². The summed E-state index contributed by atoms with van der Waals surface area (Å²) in [6.45, 7) is 4.39. The van der Waals surface area contributed by atoms with E-state index < -0.39 is 0 Å². The van der Waals surface area contributed by atoms with Gasteiger partial charge in [-0.15, -0.1) is 0 Å². The topological polar surface area (TPSA) is 143 Å². The van der Waals surface area contributed by atoms with Crippen LogP contribution in [0.5, 0.6) is 11.2 Å². The summed E-state index contributed by atoms with van der Waals surface area (Å²) in [6, 6.07) is 17.1. The van der Waals surface area contributed by atoms with Crippen molar-refractivity contribution in [1.82, 2.24) is 29.5 Å². The number of benzene rings is 2. The second-order valence-corrected chi connectivity index (χ2v) is 10.4. The number of para-hydroxylation sites is 1. The number of methoxy groups -OCH3 is 1. The number of nitrogens with one attached hydrogen (secondary N) is 1. The van der Waals surface area contributed by atoms with Crippen LogP contribution in [0.2, 0.25) is 0 Å². The molecule has 4 aromatic heterocycles. The summed E-state index contributed by atoms with van der Waals surface area (Å²) in [5, 5.41) is 7.23. The first-order valence-corrected chi connectivity index (χ1v) is 14.4. The van der Waals surface area contributed by atoms with Crippen LogP contribution in [0.3, 0.4) is 0 Å². The van der Waals surface area contributed by atoms with Crippen LogP contribution in [0, 0.1) is 0 Å². The minimum Gasteiger partial charge on any atom is -0.470 e. The van der Waals surface area contributed by atoms with Crippen molar-refractivity contribution in [3.05, 3.63) is 94.6 Å². The highest BCUT2D eigenvalue weighted by molar-refractivity contribution is 7.11. The fraction of sp³-hybridized carbons (Fsp3) is 0.161. The van der Waals surface area contributed by atoms with Crippen LogP contribution in [-0.4, -0.2) is 43.2 Å². The van der Waals surface area contributed by atoms with Crippen LogP contribution in [-0.2, 0) is 0 Å². The molecular weight excluding hydrogens is 564 g/mol. The maximum absolute atomic E-state index is 14.4. The monoisotopic (exact) mass is 592 g/mol. The number of aromatic nitrogens is 6. The third-order valence-electron chi connectivity index (χ3n) is 6.84. The molecular formula is C31H28N8O3S. The molecule has 0 unspecified atom stereocenters. The van der Waals surface area contributed by atoms with Gasteiger partial charge >= 0.3 is 6.01 Å². The van der Waals surface area contributed by atoms with E-state index in [1.54, 1.807) is 23.2 Å². The predicted octanol–water partition coefficient (Wildman–Crippen LogP) is 5.52. The van der Waals surface area contributed by atoms with Crippen LogP contribution in [0.4, 0.5) is 11.8 Å². The molecule has 12 heteroatoms. The number of hydrogen-bond donors (Lipinski definition) is 2. The minimum absolute atomic E-state index is 0.115. The lowest BCUT2D eigenvalue weighted by Crippen LogP contribution is -2.26. The minimum atomic E-state index is -0.386. The Morgan fingerprint density at radius 2 is 1.79 bits per heavy atom. The first-order valence-electron chi connectivity index (χ1n) is 13.5. The zero-order chi connectivity index (χ0) is 29.9. The molecule has 0 spiro atoms. The highest BCUT2D eigenvalue weighted by Crippen LogP contribution is 2.34. The number of hydrogen-bond acceptors (Lipinski definition) is 11. The molecule has 0 saturated heterocycles. The van der Waals surface area contributed by atoms with Crippen LogP contribution >= 0.6 is 11.3 Å². The van der Waals surface area contributed by atoms with Gasteiger partial charge in [0.15, 0.2) is 0 Å². The van der Waals surface area contributed by atoms with Gasteiger partial charge in [0.25, 0.3) is 10.8 Å². The zero-order valence-electron chi connectivity index (χ0n) is 23.7. The van der Waals surface area contributed by atoms with E-state index in [1.165, 1.54) is 18.4 Å². The standard InChI is InChI=1S/C31H28N8O3S/c1-4-42-31-37-24(17-43-31)23-16-33-29(32)38-27(23)36-18(2)25-13-19-9-8-12-22(20-14-34-30(41-3)35-15-20)26(19)28(40)39(25)21-10-6-5-7-11-21/h5-18H,4H2,1-3H3,(H3,32,33,36,38)/t18-/m0/s1. The molecule has 0 amide bonds. The number of rotatable bonds is 9. The number of ether oxygens (including phenoxy) is 2. The maximum atomic E-state index is 14.4. The Hall–Kier alpha value is -5.36. The SMILES string of the molecule is CCOc1nc(-c2cnc(N)nc2N[C@@H](C)c2cc3cccc(-c4cnc(OC)nc4)c3c(=O)n2-c2ccccc2)cs1. The summed E-state index contributed by atoms with van der Waals surface area (Å²) in [5.74, 6) is 0.605. The van der Waals surface area contributed by atoms with Crippen molar-refractivity contribution in [3.8, 4) is 39.3 Å². The van der Waals surface area contributed by atoms with E-state index >= 15 is 0 Å². The van der Waals surface area contributed by atoms with Crippen molar-refractivity contribution < 1.29 is 9.47 Å². The molecule has 0 radical (unpaired) electrons. The Bertz CT molecular complexity index is 1960. The second kappa shape index (κ2) is 11.9. The second-order valence-electron chi connectivity index (χ2n) is 9.56. The number of fused-ring (bicyclic) bond motifs is 1. The van der Waals surface area contributed by atoms with Gasteiger partial charge in [-0.1, -0.05) is 47.7 Å². The number of nitrogens with two attached hydrogens (primary N) is 1. The van der Waals surface area contributed by atoms with Gasteiger partial charge in [0, 0.05) is 40.9 Å². The van der Waals surface area contributed by atoms with Crippen molar-refractivity contribution in [2.24, 2.45) is 0 Å². The molecule has 2 aromatic carbocycles. The quantitative estimate of drug-likeness (QED) is 0.220. The van der Waals surface area contributed by atoms with E-state index in [0.717, 1.165) is 22.3 Å². The fourth-order valence-electron chi connectivity index (χ4n) is 4.89. The van der Waals surface area contributed by atoms with Crippen LogP contribution < -0.4 is 26.1 Å². The highest BCUT2D eigenvalue weighted by Gasteiger charge is 2.21. The van der Waals surface area contributed by atoms with E-state index in [-0.39, 0.29) is 23.6 Å². The predicted molar refractivity (Wildman–Crippen MR) is 168 cm³/mol. The van der Waals surface area contributed by atoms with E-state index in [4.69, 9.17) is 15.2 Å². The maximum Gasteiger partial charge on any atom is 0.316 e. The van der Waals surface area contributed by atoms with Crippen LogP contribution in [0.25, 0.3) is 38.8 Å². The Morgan fingerprint density at radius 3 is 2.53 bits per heavy atom. The number of nitrogen functional groups attached to an aromatic ring is 1. The fourth-order valence-corrected chi connectivity index (χ4v) is 5.62. The lowest BCUT2D eigenvalue weighted by atomic mass is 9.99. The Morgan fingerprint density at radius 1 is 1.00 bits per heavy atom. The lowest BCUT2D eigenvalue weighted by Gasteiger charge is -2.23. The van der Waals surface area contributed by atoms with Gasteiger partial charge in [0.05, 0.1) is 36.4 Å². The zero-order valence-corrected chi connectivity index (χ0v) is 24.5. The molecule has 6 rings (SSSR count). The van der Waals surface area contributed by atoms with Crippen molar-refractivity contribution in [3.63, 3.8) is 0 Å². The molecule has 0 bridgehead atoms. The molecule has 0 aliphatic rings. The average Bonchev–Trinajstić information content (AvgIpc) is 3.49. The summed E-state index contributed by atoms with van der Waals surface area (Å²) in [7, 11) is 1.51. The lowest BCUT2D eigenvalue weighted by molar-refractivity contribution is 0.338. The number of anilines is 2. The van der Waals surface area contributed by atoms with Crippen molar-refractivity contribution in [2.45, 2.75) is 19.9 Å². The molecule has 1 atom stereocenters. The molecule has 3 N–H and O–H groups in total. The molecule has 4 heterocycles. The smallest absolute Gasteiger partial charge is 0.316 e. The number of thiazole rings is 1. The Balaban J connectivity index is 1.49. The molecule has 0 saturated carbocycles. The first kappa shape index (κ1) is 27.8. The Labute approximate surface area is 251 Å². The van der Waals surface area contributed by atoms with E-state index in [0.29, 0.717) is 39.8 Å². The molecule has 6 aromatic rings. The summed E-state index contributed by atoms with van der Waals surface area (Å²) in [5.41, 5.74) is 10.0. The van der Waals surface area contributed by atoms with Gasteiger partial charge in [-0.3, -0.25) is 9.36 Å². The Kier molecular flexibility index (Phi) is 7.67. The molecule has 0 fully saturated rings. The van der Waals surface area contributed by atoms with Gasteiger partial charge in [-0.25, -0.2) is 19.9 Å². The normalized spacial score (nSPS) is 11.8. The number of pyridine rings is 1. The van der Waals surface area contributed by atoms with Gasteiger partial charge < -0.3 is 20.5 Å². The van der Waals surface area contributed by atoms with Crippen molar-refractivity contribution in [2.75, 3.05) is 24.8 Å². The summed E-state index contributed by atoms with van der Waals surface area (Å²) in [6.07, 6.45) is 4.94. The number of nitrogens with zero attached hydrogens (tertiary/aromatic N) is 6. The highest BCUT2D eigenvalue weighted by atomic mass is 32.1. The van der Waals surface area contributed by atoms with Gasteiger partial charge in [-0.2, -0.15) is 4.98 Å². The molecule has 216 valence electrons. The van der Waals surface area contributed by atoms with Gasteiger partial charge in [-0.05, 0) is 43.0 Å². The molecule has 43 heavy (non-hydrogen) atoms. The molecule has 11 nitrogen and oxygen atoms in total. The summed E-state index contributed by atoms with van der Waals surface area (Å²) in [4.78, 5) is 36.2. The van der Waals surface area contributed by atoms with E-state index in [2.05, 4.69) is 30.2 Å². The third-order valence-corrected chi connectivity index (χ3v) is 7.59.